The van der Waals surface area contributed by atoms with Crippen LogP contribution in [0.15, 0.2) is 72.8 Å². The molecule has 10 heteroatoms. The topological polar surface area (TPSA) is 80.9 Å². The third-order valence-corrected chi connectivity index (χ3v) is 7.15. The molecule has 0 aliphatic carbocycles. The highest BCUT2D eigenvalue weighted by Gasteiger charge is 2.28. The van der Waals surface area contributed by atoms with Gasteiger partial charge in [-0.05, 0) is 45.8 Å². The summed E-state index contributed by atoms with van der Waals surface area (Å²) in [5.41, 5.74) is -2.15. The van der Waals surface area contributed by atoms with Crippen LogP contribution in [0.3, 0.4) is 0 Å². The van der Waals surface area contributed by atoms with E-state index in [9.17, 15) is 46.8 Å². The number of fused-ring (bicyclic) bond motifs is 2. The van der Waals surface area contributed by atoms with Gasteiger partial charge in [0.25, 0.3) is 0 Å². The first-order valence-electron chi connectivity index (χ1n) is 12.2. The molecule has 0 unspecified atom stereocenters. The Bertz CT molecular complexity index is 1960. The van der Waals surface area contributed by atoms with Crippen LogP contribution in [0, 0.1) is 34.9 Å². The fraction of sp³-hybridized carbons (Fsp3) is 0. The van der Waals surface area contributed by atoms with E-state index in [1.807, 2.05) is 0 Å². The molecule has 0 atom stereocenters. The Labute approximate surface area is 232 Å². The Hall–Kier alpha value is -5.38. The van der Waals surface area contributed by atoms with Crippen molar-refractivity contribution in [3.8, 4) is 56.4 Å². The largest absolute Gasteiger partial charge is 0.507 e. The fourth-order valence-corrected chi connectivity index (χ4v) is 5.17. The number of phenolic OH excluding ortho intramolecular Hbond substituents is 4. The van der Waals surface area contributed by atoms with E-state index in [0.717, 1.165) is 0 Å². The van der Waals surface area contributed by atoms with Gasteiger partial charge < -0.3 is 20.4 Å². The van der Waals surface area contributed by atoms with Crippen LogP contribution in [-0.2, 0) is 0 Å². The predicted octanol–water partition coefficient (Wildman–Crippen LogP) is 8.65. The molecule has 210 valence electrons. The highest BCUT2D eigenvalue weighted by Crippen LogP contribution is 2.53. The van der Waals surface area contributed by atoms with E-state index in [4.69, 9.17) is 0 Å². The molecule has 6 rings (SSSR count). The monoisotopic (exact) mass is 578 g/mol. The average Bonchev–Trinajstić information content (AvgIpc) is 2.99. The number of hydrogen-bond donors (Lipinski definition) is 4. The van der Waals surface area contributed by atoms with Crippen LogP contribution in [0.2, 0.25) is 0 Å². The zero-order valence-electron chi connectivity index (χ0n) is 21.0. The molecule has 0 heterocycles. The highest BCUT2D eigenvalue weighted by atomic mass is 19.2. The van der Waals surface area contributed by atoms with Crippen molar-refractivity contribution in [2.24, 2.45) is 0 Å². The van der Waals surface area contributed by atoms with Crippen molar-refractivity contribution in [1.82, 2.24) is 0 Å². The molecule has 0 spiro atoms. The van der Waals surface area contributed by atoms with Crippen LogP contribution in [0.1, 0.15) is 0 Å². The van der Waals surface area contributed by atoms with Crippen molar-refractivity contribution >= 4 is 21.5 Å². The average molecular weight is 578 g/mol. The summed E-state index contributed by atoms with van der Waals surface area (Å²) < 4.78 is 84.9. The molecule has 0 aromatic heterocycles. The van der Waals surface area contributed by atoms with Gasteiger partial charge in [-0.1, -0.05) is 48.5 Å². The molecular weight excluding hydrogens is 562 g/mol. The smallest absolute Gasteiger partial charge is 0.204 e. The molecule has 0 saturated carbocycles. The van der Waals surface area contributed by atoms with Gasteiger partial charge in [0, 0.05) is 33.4 Å². The second kappa shape index (κ2) is 9.62. The van der Waals surface area contributed by atoms with Crippen LogP contribution in [0.4, 0.5) is 26.3 Å². The van der Waals surface area contributed by atoms with Gasteiger partial charge in [0.15, 0.2) is 34.8 Å². The van der Waals surface area contributed by atoms with Crippen LogP contribution in [-0.4, -0.2) is 20.4 Å². The second-order valence-electron chi connectivity index (χ2n) is 9.50. The van der Waals surface area contributed by atoms with E-state index in [1.165, 1.54) is 12.1 Å². The quantitative estimate of drug-likeness (QED) is 0.125. The zero-order chi connectivity index (χ0) is 30.0. The van der Waals surface area contributed by atoms with E-state index < -0.39 is 69.0 Å². The minimum Gasteiger partial charge on any atom is -0.507 e. The molecule has 0 amide bonds. The summed E-state index contributed by atoms with van der Waals surface area (Å²) in [6.45, 7) is 0. The van der Waals surface area contributed by atoms with Crippen molar-refractivity contribution in [1.29, 1.82) is 0 Å². The van der Waals surface area contributed by atoms with Gasteiger partial charge in [-0.15, -0.1) is 0 Å². The summed E-state index contributed by atoms with van der Waals surface area (Å²) in [5, 5.41) is 45.2. The number of phenols is 4. The molecule has 0 radical (unpaired) electrons. The molecule has 6 aromatic carbocycles. The maximum Gasteiger partial charge on any atom is 0.204 e. The molecule has 42 heavy (non-hydrogen) atoms. The lowest BCUT2D eigenvalue weighted by Crippen LogP contribution is -1.97. The zero-order valence-corrected chi connectivity index (χ0v) is 21.0. The van der Waals surface area contributed by atoms with Gasteiger partial charge in [-0.25, -0.2) is 17.6 Å². The van der Waals surface area contributed by atoms with E-state index in [1.54, 1.807) is 48.5 Å². The van der Waals surface area contributed by atoms with E-state index in [-0.39, 0.29) is 22.3 Å². The normalized spacial score (nSPS) is 11.5. The number of rotatable bonds is 3. The van der Waals surface area contributed by atoms with Crippen LogP contribution in [0.25, 0.3) is 54.9 Å². The lowest BCUT2D eigenvalue weighted by molar-refractivity contribution is 0.388. The molecule has 4 nitrogen and oxygen atoms in total. The minimum absolute atomic E-state index is 0.134. The maximum absolute atomic E-state index is 14.4. The number of halogens is 6. The van der Waals surface area contributed by atoms with Gasteiger partial charge >= 0.3 is 0 Å². The molecule has 6 aromatic rings. The summed E-state index contributed by atoms with van der Waals surface area (Å²) in [7, 11) is 0. The number of aromatic hydroxyl groups is 4. The third kappa shape index (κ3) is 3.87. The van der Waals surface area contributed by atoms with Crippen LogP contribution in [0.5, 0.6) is 23.0 Å². The summed E-state index contributed by atoms with van der Waals surface area (Å²) in [5.74, 6) is -14.9. The number of hydrogen-bond acceptors (Lipinski definition) is 4. The standard InChI is InChI=1S/C32H16F6O4/c33-21-11-19(31(41)27(37)25(21)35)17-9-13-5-1-3-7-15(13)23(29(17)39)24-16-8-4-2-6-14(16)10-18(30(24)40)20-12-22(34)26(36)28(38)32(20)42/h1-12,39-42H. The van der Waals surface area contributed by atoms with Gasteiger partial charge in [0.1, 0.15) is 11.5 Å². The van der Waals surface area contributed by atoms with Crippen LogP contribution < -0.4 is 0 Å². The summed E-state index contributed by atoms with van der Waals surface area (Å²) in [6.07, 6.45) is 0. The second-order valence-corrected chi connectivity index (χ2v) is 9.50. The van der Waals surface area contributed by atoms with Crippen molar-refractivity contribution in [3.63, 3.8) is 0 Å². The number of benzene rings is 6. The van der Waals surface area contributed by atoms with Crippen LogP contribution >= 0.6 is 0 Å². The van der Waals surface area contributed by atoms with E-state index in [0.29, 0.717) is 33.7 Å². The Morgan fingerprint density at radius 2 is 0.714 bits per heavy atom. The first kappa shape index (κ1) is 26.8. The maximum atomic E-state index is 14.4. The van der Waals surface area contributed by atoms with Crippen molar-refractivity contribution in [3.05, 3.63) is 108 Å². The van der Waals surface area contributed by atoms with E-state index >= 15 is 0 Å². The van der Waals surface area contributed by atoms with Gasteiger partial charge in [0.05, 0.1) is 0 Å². The Morgan fingerprint density at radius 1 is 0.381 bits per heavy atom. The molecule has 0 aliphatic rings. The SMILES string of the molecule is Oc1c(-c2cc3ccccc3c(-c3c(O)c(-c4cc(F)c(F)c(F)c4O)cc4ccccc34)c2O)cc(F)c(F)c1F. The molecule has 0 saturated heterocycles. The molecule has 0 bridgehead atoms. The molecular formula is C32H16F6O4. The summed E-state index contributed by atoms with van der Waals surface area (Å²) >= 11 is 0. The Kier molecular flexibility index (Phi) is 6.14. The third-order valence-electron chi connectivity index (χ3n) is 7.15. The van der Waals surface area contributed by atoms with Crippen molar-refractivity contribution in [2.75, 3.05) is 0 Å². The van der Waals surface area contributed by atoms with Gasteiger partial charge in [0.2, 0.25) is 11.6 Å². The molecule has 0 aliphatic heterocycles. The summed E-state index contributed by atoms with van der Waals surface area (Å²) in [4.78, 5) is 0. The first-order chi connectivity index (χ1) is 20.0. The van der Waals surface area contributed by atoms with E-state index in [2.05, 4.69) is 0 Å². The lowest BCUT2D eigenvalue weighted by atomic mass is 9.86. The fourth-order valence-electron chi connectivity index (χ4n) is 5.17. The Balaban J connectivity index is 1.79. The predicted molar refractivity (Wildman–Crippen MR) is 144 cm³/mol. The minimum atomic E-state index is -1.92. The molecule has 4 N–H and O–H groups in total. The molecule has 0 fully saturated rings. The van der Waals surface area contributed by atoms with Crippen molar-refractivity contribution < 1.29 is 46.8 Å². The van der Waals surface area contributed by atoms with Gasteiger partial charge in [-0.3, -0.25) is 0 Å². The van der Waals surface area contributed by atoms with Gasteiger partial charge in [-0.2, -0.15) is 8.78 Å². The Morgan fingerprint density at radius 3 is 1.10 bits per heavy atom. The summed E-state index contributed by atoms with van der Waals surface area (Å²) in [6, 6.07) is 16.2. The lowest BCUT2D eigenvalue weighted by Gasteiger charge is -2.20. The first-order valence-corrected chi connectivity index (χ1v) is 12.2. The van der Waals surface area contributed by atoms with Crippen molar-refractivity contribution in [2.45, 2.75) is 0 Å². The highest BCUT2D eigenvalue weighted by molar-refractivity contribution is 6.14.